The molecule has 2 amide bonds. The molecule has 120 valence electrons. The second kappa shape index (κ2) is 8.33. The summed E-state index contributed by atoms with van der Waals surface area (Å²) in [6.07, 6.45) is 0.640. The zero-order valence-corrected chi connectivity index (χ0v) is 14.2. The molecule has 0 saturated heterocycles. The molecule has 2 aromatic carbocycles. The number of carbonyl (C=O) groups excluding carboxylic acids is 2. The van der Waals surface area contributed by atoms with Gasteiger partial charge >= 0.3 is 11.8 Å². The average molecular weight is 377 g/mol. The number of hydrogen-bond donors (Lipinski definition) is 2. The summed E-state index contributed by atoms with van der Waals surface area (Å²) in [6.45, 7) is 0.388. The first-order valence-electron chi connectivity index (χ1n) is 7.06. The van der Waals surface area contributed by atoms with Crippen LogP contribution < -0.4 is 15.4 Å². The van der Waals surface area contributed by atoms with Crippen molar-refractivity contribution in [1.29, 1.82) is 0 Å². The van der Waals surface area contributed by atoms with E-state index in [0.717, 1.165) is 15.8 Å². The predicted molar refractivity (Wildman–Crippen MR) is 92.5 cm³/mol. The van der Waals surface area contributed by atoms with Crippen molar-refractivity contribution in [3.05, 3.63) is 58.6 Å². The predicted octanol–water partition coefficient (Wildman–Crippen LogP) is 2.76. The minimum Gasteiger partial charge on any atom is -0.497 e. The maximum Gasteiger partial charge on any atom is 0.313 e. The highest BCUT2D eigenvalue weighted by atomic mass is 79.9. The van der Waals surface area contributed by atoms with Gasteiger partial charge in [-0.1, -0.05) is 28.1 Å². The van der Waals surface area contributed by atoms with E-state index < -0.39 is 11.8 Å². The molecule has 0 unspecified atom stereocenters. The van der Waals surface area contributed by atoms with Gasteiger partial charge in [0.15, 0.2) is 0 Å². The number of hydrogen-bond acceptors (Lipinski definition) is 3. The number of anilines is 1. The van der Waals surface area contributed by atoms with E-state index in [1.165, 1.54) is 0 Å². The Morgan fingerprint density at radius 1 is 1.00 bits per heavy atom. The zero-order valence-electron chi connectivity index (χ0n) is 12.6. The first-order valence-corrected chi connectivity index (χ1v) is 7.85. The van der Waals surface area contributed by atoms with E-state index in [2.05, 4.69) is 26.6 Å². The van der Waals surface area contributed by atoms with Crippen LogP contribution in [-0.2, 0) is 16.0 Å². The highest BCUT2D eigenvalue weighted by Gasteiger charge is 2.12. The van der Waals surface area contributed by atoms with Crippen LogP contribution in [0.25, 0.3) is 0 Å². The van der Waals surface area contributed by atoms with E-state index in [4.69, 9.17) is 4.74 Å². The molecule has 2 rings (SSSR count). The lowest BCUT2D eigenvalue weighted by atomic mass is 10.1. The Kier molecular flexibility index (Phi) is 6.17. The Morgan fingerprint density at radius 2 is 1.65 bits per heavy atom. The van der Waals surface area contributed by atoms with Crippen LogP contribution in [0.1, 0.15) is 5.56 Å². The van der Waals surface area contributed by atoms with Crippen molar-refractivity contribution in [3.63, 3.8) is 0 Å². The Morgan fingerprint density at radius 3 is 2.26 bits per heavy atom. The molecule has 0 aliphatic heterocycles. The molecule has 0 saturated carbocycles. The van der Waals surface area contributed by atoms with E-state index in [1.54, 1.807) is 31.4 Å². The fraction of sp³-hybridized carbons (Fsp3) is 0.176. The van der Waals surface area contributed by atoms with Crippen LogP contribution in [0.3, 0.4) is 0 Å². The molecule has 0 atom stereocenters. The number of rotatable bonds is 5. The van der Waals surface area contributed by atoms with E-state index in [0.29, 0.717) is 18.7 Å². The number of benzene rings is 2. The lowest BCUT2D eigenvalue weighted by Crippen LogP contribution is -2.36. The van der Waals surface area contributed by atoms with Crippen molar-refractivity contribution >= 4 is 33.4 Å². The van der Waals surface area contributed by atoms with Crippen molar-refractivity contribution in [2.24, 2.45) is 0 Å². The quantitative estimate of drug-likeness (QED) is 0.788. The van der Waals surface area contributed by atoms with Gasteiger partial charge < -0.3 is 15.4 Å². The van der Waals surface area contributed by atoms with Gasteiger partial charge in [-0.3, -0.25) is 9.59 Å². The SMILES string of the molecule is COc1ccc(CCNC(=O)C(=O)Nc2ccc(Br)cc2)cc1. The number of halogens is 1. The topological polar surface area (TPSA) is 67.4 Å². The number of carbonyl (C=O) groups is 2. The summed E-state index contributed by atoms with van der Waals surface area (Å²) in [5.41, 5.74) is 1.63. The van der Waals surface area contributed by atoms with Crippen molar-refractivity contribution in [1.82, 2.24) is 5.32 Å². The Bertz CT molecular complexity index is 669. The summed E-state index contributed by atoms with van der Waals surface area (Å²) in [5.74, 6) is -0.546. The molecule has 0 aromatic heterocycles. The van der Waals surface area contributed by atoms with Gasteiger partial charge in [-0.2, -0.15) is 0 Å². The summed E-state index contributed by atoms with van der Waals surface area (Å²) in [7, 11) is 1.61. The van der Waals surface area contributed by atoms with Crippen molar-refractivity contribution < 1.29 is 14.3 Å². The van der Waals surface area contributed by atoms with Crippen LogP contribution in [0.2, 0.25) is 0 Å². The van der Waals surface area contributed by atoms with Crippen molar-refractivity contribution in [2.45, 2.75) is 6.42 Å². The molecule has 5 nitrogen and oxygen atoms in total. The Labute approximate surface area is 143 Å². The van der Waals surface area contributed by atoms with Crippen molar-refractivity contribution in [3.8, 4) is 5.75 Å². The van der Waals surface area contributed by atoms with Gasteiger partial charge in [0.05, 0.1) is 7.11 Å². The second-order valence-corrected chi connectivity index (χ2v) is 5.73. The van der Waals surface area contributed by atoms with Gasteiger partial charge in [0.2, 0.25) is 0 Å². The Balaban J connectivity index is 1.77. The van der Waals surface area contributed by atoms with Crippen LogP contribution in [0, 0.1) is 0 Å². The van der Waals surface area contributed by atoms with E-state index in [1.807, 2.05) is 24.3 Å². The number of amides is 2. The highest BCUT2D eigenvalue weighted by molar-refractivity contribution is 9.10. The first kappa shape index (κ1) is 17.0. The lowest BCUT2D eigenvalue weighted by Gasteiger charge is -2.07. The molecule has 0 fully saturated rings. The van der Waals surface area contributed by atoms with E-state index in [-0.39, 0.29) is 0 Å². The number of methoxy groups -OCH3 is 1. The summed E-state index contributed by atoms with van der Waals surface area (Å²) >= 11 is 3.31. The first-order chi connectivity index (χ1) is 11.1. The molecular formula is C17H17BrN2O3. The number of nitrogens with one attached hydrogen (secondary N) is 2. The fourth-order valence-electron chi connectivity index (χ4n) is 1.91. The molecule has 0 radical (unpaired) electrons. The molecule has 0 spiro atoms. The summed E-state index contributed by atoms with van der Waals surface area (Å²) in [6, 6.07) is 14.6. The zero-order chi connectivity index (χ0) is 16.7. The van der Waals surface area contributed by atoms with Crippen LogP contribution in [0.4, 0.5) is 5.69 Å². The largest absolute Gasteiger partial charge is 0.497 e. The molecule has 0 aliphatic rings. The monoisotopic (exact) mass is 376 g/mol. The molecule has 0 heterocycles. The molecule has 2 N–H and O–H groups in total. The molecule has 23 heavy (non-hydrogen) atoms. The van der Waals surface area contributed by atoms with Crippen LogP contribution in [0.5, 0.6) is 5.75 Å². The van der Waals surface area contributed by atoms with E-state index in [9.17, 15) is 9.59 Å². The van der Waals surface area contributed by atoms with Gasteiger partial charge in [0.1, 0.15) is 5.75 Å². The minimum atomic E-state index is -0.679. The van der Waals surface area contributed by atoms with Gasteiger partial charge in [-0.25, -0.2) is 0 Å². The van der Waals surface area contributed by atoms with Crippen molar-refractivity contribution in [2.75, 3.05) is 19.0 Å². The van der Waals surface area contributed by atoms with Crippen LogP contribution >= 0.6 is 15.9 Å². The third-order valence-corrected chi connectivity index (χ3v) is 3.70. The molecule has 6 heteroatoms. The average Bonchev–Trinajstić information content (AvgIpc) is 2.57. The molecular weight excluding hydrogens is 360 g/mol. The van der Waals surface area contributed by atoms with E-state index >= 15 is 0 Å². The third kappa shape index (κ3) is 5.41. The van der Waals surface area contributed by atoms with Gasteiger partial charge in [0, 0.05) is 16.7 Å². The van der Waals surface area contributed by atoms with Gasteiger partial charge in [-0.05, 0) is 48.4 Å². The standard InChI is InChI=1S/C17H17BrN2O3/c1-23-15-8-2-12(3-9-15)10-11-19-16(21)17(22)20-14-6-4-13(18)5-7-14/h2-9H,10-11H2,1H3,(H,19,21)(H,20,22). The molecule has 0 bridgehead atoms. The molecule has 0 aliphatic carbocycles. The Hall–Kier alpha value is -2.34. The second-order valence-electron chi connectivity index (χ2n) is 4.81. The minimum absolute atomic E-state index is 0.388. The summed E-state index contributed by atoms with van der Waals surface area (Å²) in [4.78, 5) is 23.5. The van der Waals surface area contributed by atoms with Gasteiger partial charge in [0.25, 0.3) is 0 Å². The van der Waals surface area contributed by atoms with Crippen LogP contribution in [-0.4, -0.2) is 25.5 Å². The van der Waals surface area contributed by atoms with Crippen LogP contribution in [0.15, 0.2) is 53.0 Å². The number of ether oxygens (including phenoxy) is 1. The highest BCUT2D eigenvalue weighted by Crippen LogP contribution is 2.14. The lowest BCUT2D eigenvalue weighted by molar-refractivity contribution is -0.136. The fourth-order valence-corrected chi connectivity index (χ4v) is 2.18. The third-order valence-electron chi connectivity index (χ3n) is 3.17. The van der Waals surface area contributed by atoms with Gasteiger partial charge in [-0.15, -0.1) is 0 Å². The smallest absolute Gasteiger partial charge is 0.313 e. The summed E-state index contributed by atoms with van der Waals surface area (Å²) < 4.78 is 5.98. The summed E-state index contributed by atoms with van der Waals surface area (Å²) in [5, 5.41) is 5.14. The maximum atomic E-state index is 11.8. The normalized spacial score (nSPS) is 10.0. The molecule has 2 aromatic rings. The maximum absolute atomic E-state index is 11.8.